The van der Waals surface area contributed by atoms with E-state index in [0.717, 1.165) is 32.7 Å². The van der Waals surface area contributed by atoms with Gasteiger partial charge in [0, 0.05) is 38.9 Å². The first kappa shape index (κ1) is 14.0. The molecule has 0 amide bonds. The minimum atomic E-state index is 0.455. The van der Waals surface area contributed by atoms with Gasteiger partial charge in [-0.3, -0.25) is 9.88 Å². The Kier molecular flexibility index (Phi) is 5.01. The van der Waals surface area contributed by atoms with E-state index in [0.29, 0.717) is 6.04 Å². The summed E-state index contributed by atoms with van der Waals surface area (Å²) >= 11 is 0. The molecule has 110 valence electrons. The van der Waals surface area contributed by atoms with E-state index < -0.39 is 0 Å². The van der Waals surface area contributed by atoms with E-state index in [4.69, 9.17) is 0 Å². The summed E-state index contributed by atoms with van der Waals surface area (Å²) < 4.78 is 0. The highest BCUT2D eigenvalue weighted by Crippen LogP contribution is 2.22. The molecule has 0 aromatic carbocycles. The Bertz CT molecular complexity index is 383. The molecule has 4 nitrogen and oxygen atoms in total. The monoisotopic (exact) mass is 274 g/mol. The van der Waals surface area contributed by atoms with Gasteiger partial charge in [-0.1, -0.05) is 12.5 Å². The lowest BCUT2D eigenvalue weighted by Gasteiger charge is -2.38. The summed E-state index contributed by atoms with van der Waals surface area (Å²) in [4.78, 5) is 9.87. The van der Waals surface area contributed by atoms with Crippen LogP contribution in [0.15, 0.2) is 24.4 Å². The van der Waals surface area contributed by atoms with Gasteiger partial charge in [0.05, 0.1) is 11.7 Å². The van der Waals surface area contributed by atoms with Crippen LogP contribution in [0.25, 0.3) is 0 Å². The van der Waals surface area contributed by atoms with Crippen molar-refractivity contribution < 1.29 is 0 Å². The SMILES string of the molecule is c1ccc(C(CN2CCCCC2)N2CCNCC2)nc1. The van der Waals surface area contributed by atoms with Crippen molar-refractivity contribution in [2.24, 2.45) is 0 Å². The predicted octanol–water partition coefficient (Wildman–Crippen LogP) is 1.51. The Morgan fingerprint density at radius 3 is 2.55 bits per heavy atom. The van der Waals surface area contributed by atoms with Gasteiger partial charge in [-0.25, -0.2) is 0 Å². The summed E-state index contributed by atoms with van der Waals surface area (Å²) in [5, 5.41) is 3.45. The van der Waals surface area contributed by atoms with E-state index in [2.05, 4.69) is 32.2 Å². The van der Waals surface area contributed by atoms with Crippen molar-refractivity contribution in [2.75, 3.05) is 45.8 Å². The lowest BCUT2D eigenvalue weighted by Crippen LogP contribution is -2.48. The van der Waals surface area contributed by atoms with Crippen LogP contribution in [0.1, 0.15) is 31.0 Å². The van der Waals surface area contributed by atoms with Gasteiger partial charge < -0.3 is 10.2 Å². The molecule has 1 atom stereocenters. The first-order valence-electron chi connectivity index (χ1n) is 8.01. The molecule has 0 spiro atoms. The molecule has 0 radical (unpaired) electrons. The summed E-state index contributed by atoms with van der Waals surface area (Å²) in [7, 11) is 0. The van der Waals surface area contributed by atoms with Gasteiger partial charge in [0.15, 0.2) is 0 Å². The summed E-state index contributed by atoms with van der Waals surface area (Å²) in [5.74, 6) is 0. The number of piperazine rings is 1. The van der Waals surface area contributed by atoms with E-state index in [9.17, 15) is 0 Å². The molecule has 1 aromatic heterocycles. The Hall–Kier alpha value is -0.970. The van der Waals surface area contributed by atoms with Crippen molar-refractivity contribution in [3.63, 3.8) is 0 Å². The number of likely N-dealkylation sites (tertiary alicyclic amines) is 1. The van der Waals surface area contributed by atoms with Gasteiger partial charge in [0.1, 0.15) is 0 Å². The van der Waals surface area contributed by atoms with Crippen LogP contribution in [0, 0.1) is 0 Å². The largest absolute Gasteiger partial charge is 0.314 e. The standard InChI is InChI=1S/C16H26N4/c1-4-10-19(11-5-1)14-16(15-6-2-3-7-18-15)20-12-8-17-9-13-20/h2-3,6-7,16-17H,1,4-5,8-14H2. The van der Waals surface area contributed by atoms with Crippen molar-refractivity contribution in [3.05, 3.63) is 30.1 Å². The number of hydrogen-bond acceptors (Lipinski definition) is 4. The molecule has 3 heterocycles. The van der Waals surface area contributed by atoms with E-state index in [1.54, 1.807) is 0 Å². The molecule has 4 heteroatoms. The second kappa shape index (κ2) is 7.16. The maximum Gasteiger partial charge on any atom is 0.0650 e. The maximum absolute atomic E-state index is 4.63. The average molecular weight is 274 g/mol. The van der Waals surface area contributed by atoms with Crippen LogP contribution < -0.4 is 5.32 Å². The minimum absolute atomic E-state index is 0.455. The normalized spacial score (nSPS) is 23.6. The zero-order valence-corrected chi connectivity index (χ0v) is 12.3. The van der Waals surface area contributed by atoms with Crippen molar-refractivity contribution in [1.29, 1.82) is 0 Å². The molecule has 2 saturated heterocycles. The van der Waals surface area contributed by atoms with E-state index in [1.807, 2.05) is 12.3 Å². The van der Waals surface area contributed by atoms with E-state index in [-0.39, 0.29) is 0 Å². The van der Waals surface area contributed by atoms with Crippen molar-refractivity contribution >= 4 is 0 Å². The molecule has 2 fully saturated rings. The maximum atomic E-state index is 4.63. The van der Waals surface area contributed by atoms with Gasteiger partial charge in [-0.05, 0) is 38.1 Å². The number of pyridine rings is 1. The molecule has 2 aliphatic rings. The smallest absolute Gasteiger partial charge is 0.0650 e. The van der Waals surface area contributed by atoms with Crippen LogP contribution in [-0.4, -0.2) is 60.6 Å². The molecule has 3 rings (SSSR count). The van der Waals surface area contributed by atoms with Crippen LogP contribution >= 0.6 is 0 Å². The van der Waals surface area contributed by atoms with Crippen LogP contribution in [-0.2, 0) is 0 Å². The van der Waals surface area contributed by atoms with Crippen LogP contribution in [0.4, 0.5) is 0 Å². The first-order chi connectivity index (χ1) is 9.93. The number of rotatable bonds is 4. The summed E-state index contributed by atoms with van der Waals surface area (Å²) in [6.07, 6.45) is 6.05. The van der Waals surface area contributed by atoms with Gasteiger partial charge in [-0.15, -0.1) is 0 Å². The number of piperidine rings is 1. The zero-order chi connectivity index (χ0) is 13.6. The highest BCUT2D eigenvalue weighted by Gasteiger charge is 2.25. The molecular weight excluding hydrogens is 248 g/mol. The highest BCUT2D eigenvalue weighted by molar-refractivity contribution is 5.10. The second-order valence-electron chi connectivity index (χ2n) is 5.92. The Morgan fingerprint density at radius 1 is 1.05 bits per heavy atom. The molecule has 1 N–H and O–H groups in total. The minimum Gasteiger partial charge on any atom is -0.314 e. The lowest BCUT2D eigenvalue weighted by molar-refractivity contribution is 0.111. The fraction of sp³-hybridized carbons (Fsp3) is 0.688. The lowest BCUT2D eigenvalue weighted by atomic mass is 10.1. The molecule has 0 bridgehead atoms. The molecule has 1 unspecified atom stereocenters. The third-order valence-corrected chi connectivity index (χ3v) is 4.50. The predicted molar refractivity (Wildman–Crippen MR) is 81.7 cm³/mol. The van der Waals surface area contributed by atoms with Gasteiger partial charge in [0.25, 0.3) is 0 Å². The molecule has 2 aliphatic heterocycles. The van der Waals surface area contributed by atoms with Gasteiger partial charge in [0.2, 0.25) is 0 Å². The Morgan fingerprint density at radius 2 is 1.85 bits per heavy atom. The molecular formula is C16H26N4. The van der Waals surface area contributed by atoms with Crippen LogP contribution in [0.2, 0.25) is 0 Å². The Balaban J connectivity index is 1.72. The highest BCUT2D eigenvalue weighted by atomic mass is 15.3. The third-order valence-electron chi connectivity index (χ3n) is 4.50. The van der Waals surface area contributed by atoms with Crippen LogP contribution in [0.3, 0.4) is 0 Å². The van der Waals surface area contributed by atoms with Crippen molar-refractivity contribution in [3.8, 4) is 0 Å². The summed E-state index contributed by atoms with van der Waals surface area (Å²) in [5.41, 5.74) is 1.24. The number of hydrogen-bond donors (Lipinski definition) is 1. The fourth-order valence-electron chi connectivity index (χ4n) is 3.35. The van der Waals surface area contributed by atoms with E-state index >= 15 is 0 Å². The number of nitrogens with zero attached hydrogens (tertiary/aromatic N) is 3. The fourth-order valence-corrected chi connectivity index (χ4v) is 3.35. The van der Waals surface area contributed by atoms with Crippen molar-refractivity contribution in [1.82, 2.24) is 20.1 Å². The quantitative estimate of drug-likeness (QED) is 0.902. The number of nitrogens with one attached hydrogen (secondary N) is 1. The Labute approximate surface area is 122 Å². The average Bonchev–Trinajstić information content (AvgIpc) is 2.55. The molecule has 0 aliphatic carbocycles. The summed E-state index contributed by atoms with van der Waals surface area (Å²) in [6, 6.07) is 6.78. The van der Waals surface area contributed by atoms with Crippen LogP contribution in [0.5, 0.6) is 0 Å². The molecule has 1 aromatic rings. The van der Waals surface area contributed by atoms with Gasteiger partial charge >= 0.3 is 0 Å². The molecule has 20 heavy (non-hydrogen) atoms. The van der Waals surface area contributed by atoms with Gasteiger partial charge in [-0.2, -0.15) is 0 Å². The first-order valence-corrected chi connectivity index (χ1v) is 8.01. The summed E-state index contributed by atoms with van der Waals surface area (Å²) in [6.45, 7) is 8.12. The zero-order valence-electron chi connectivity index (χ0n) is 12.3. The third kappa shape index (κ3) is 3.57. The van der Waals surface area contributed by atoms with E-state index in [1.165, 1.54) is 38.0 Å². The number of aromatic nitrogens is 1. The topological polar surface area (TPSA) is 31.4 Å². The van der Waals surface area contributed by atoms with Crippen molar-refractivity contribution in [2.45, 2.75) is 25.3 Å². The second-order valence-corrected chi connectivity index (χ2v) is 5.92. The molecule has 0 saturated carbocycles.